The minimum atomic E-state index is -0.172. The molecule has 1 fully saturated rings. The van der Waals surface area contributed by atoms with Gasteiger partial charge in [-0.1, -0.05) is 30.3 Å². The van der Waals surface area contributed by atoms with E-state index in [4.69, 9.17) is 0 Å². The molecule has 0 atom stereocenters. The van der Waals surface area contributed by atoms with Gasteiger partial charge in [-0.3, -0.25) is 4.79 Å². The number of quaternary nitrogens is 2. The predicted octanol–water partition coefficient (Wildman–Crippen LogP) is 0.365. The summed E-state index contributed by atoms with van der Waals surface area (Å²) in [5.41, 5.74) is 4.17. The smallest absolute Gasteiger partial charge is 0.279 e. The van der Waals surface area contributed by atoms with Gasteiger partial charge in [-0.2, -0.15) is 0 Å². The van der Waals surface area contributed by atoms with Crippen LogP contribution in [0.5, 0.6) is 0 Å². The molecular formula is C21H28FN3O+2. The van der Waals surface area contributed by atoms with E-state index < -0.39 is 0 Å². The zero-order chi connectivity index (χ0) is 18.5. The molecule has 0 radical (unpaired) electrons. The molecule has 1 saturated heterocycles. The van der Waals surface area contributed by atoms with Gasteiger partial charge in [-0.05, 0) is 37.1 Å². The van der Waals surface area contributed by atoms with Crippen LogP contribution < -0.4 is 15.1 Å². The third-order valence-electron chi connectivity index (χ3n) is 5.16. The van der Waals surface area contributed by atoms with Gasteiger partial charge >= 0.3 is 0 Å². The average molecular weight is 357 g/mol. The van der Waals surface area contributed by atoms with Gasteiger partial charge in [0, 0.05) is 11.3 Å². The normalized spacial score (nSPS) is 20.0. The molecule has 2 aromatic rings. The number of hydrogen-bond donors (Lipinski definition) is 3. The van der Waals surface area contributed by atoms with E-state index in [2.05, 4.69) is 5.32 Å². The zero-order valence-corrected chi connectivity index (χ0v) is 15.6. The highest BCUT2D eigenvalue weighted by atomic mass is 19.1. The Morgan fingerprint density at radius 1 is 1.00 bits per heavy atom. The summed E-state index contributed by atoms with van der Waals surface area (Å²) in [5.74, 6) is -0.0969. The predicted molar refractivity (Wildman–Crippen MR) is 101 cm³/mol. The van der Waals surface area contributed by atoms with E-state index >= 15 is 0 Å². The molecule has 3 rings (SSSR count). The fraction of sp³-hybridized carbons (Fsp3) is 0.381. The number of carbonyl (C=O) groups is 1. The van der Waals surface area contributed by atoms with Crippen molar-refractivity contribution in [1.29, 1.82) is 0 Å². The van der Waals surface area contributed by atoms with Gasteiger partial charge in [0.1, 0.15) is 38.5 Å². The van der Waals surface area contributed by atoms with Crippen LogP contribution in [-0.4, -0.2) is 38.6 Å². The van der Waals surface area contributed by atoms with Gasteiger partial charge in [0.25, 0.3) is 5.91 Å². The van der Waals surface area contributed by atoms with Crippen LogP contribution in [0, 0.1) is 19.7 Å². The lowest BCUT2D eigenvalue weighted by Gasteiger charge is -2.29. The van der Waals surface area contributed by atoms with Crippen molar-refractivity contribution < 1.29 is 19.0 Å². The quantitative estimate of drug-likeness (QED) is 0.711. The van der Waals surface area contributed by atoms with Crippen molar-refractivity contribution in [1.82, 2.24) is 0 Å². The number of aryl methyl sites for hydroxylation is 2. The monoisotopic (exact) mass is 357 g/mol. The first-order valence-electron chi connectivity index (χ1n) is 9.29. The van der Waals surface area contributed by atoms with E-state index in [0.717, 1.165) is 55.1 Å². The summed E-state index contributed by atoms with van der Waals surface area (Å²) in [6, 6.07) is 12.9. The van der Waals surface area contributed by atoms with Gasteiger partial charge in [0.15, 0.2) is 6.54 Å². The van der Waals surface area contributed by atoms with Crippen molar-refractivity contribution in [3.05, 3.63) is 65.0 Å². The van der Waals surface area contributed by atoms with Crippen molar-refractivity contribution in [2.45, 2.75) is 20.4 Å². The molecule has 0 spiro atoms. The van der Waals surface area contributed by atoms with E-state index in [0.29, 0.717) is 6.54 Å². The van der Waals surface area contributed by atoms with Crippen LogP contribution in [0.15, 0.2) is 42.5 Å². The Labute approximate surface area is 154 Å². The molecule has 1 heterocycles. The van der Waals surface area contributed by atoms with Crippen LogP contribution in [0.4, 0.5) is 10.1 Å². The summed E-state index contributed by atoms with van der Waals surface area (Å²) >= 11 is 0. The fourth-order valence-corrected chi connectivity index (χ4v) is 3.67. The summed E-state index contributed by atoms with van der Waals surface area (Å²) in [6.07, 6.45) is 0. The first kappa shape index (κ1) is 18.5. The Hall–Kier alpha value is -2.24. The Morgan fingerprint density at radius 3 is 2.27 bits per heavy atom. The molecule has 0 bridgehead atoms. The Bertz CT molecular complexity index is 749. The van der Waals surface area contributed by atoms with Gasteiger partial charge in [-0.25, -0.2) is 4.39 Å². The van der Waals surface area contributed by atoms with E-state index in [9.17, 15) is 9.18 Å². The maximum absolute atomic E-state index is 13.3. The Morgan fingerprint density at radius 2 is 1.62 bits per heavy atom. The third-order valence-corrected chi connectivity index (χ3v) is 5.16. The molecule has 5 heteroatoms. The minimum Gasteiger partial charge on any atom is -0.322 e. The van der Waals surface area contributed by atoms with Crippen LogP contribution in [0.2, 0.25) is 0 Å². The molecule has 4 nitrogen and oxygen atoms in total. The number of amides is 1. The van der Waals surface area contributed by atoms with Gasteiger partial charge in [0.2, 0.25) is 0 Å². The lowest BCUT2D eigenvalue weighted by molar-refractivity contribution is -1.02. The number of hydrogen-bond acceptors (Lipinski definition) is 1. The van der Waals surface area contributed by atoms with Crippen LogP contribution in [0.3, 0.4) is 0 Å². The lowest BCUT2D eigenvalue weighted by atomic mass is 10.1. The van der Waals surface area contributed by atoms with Crippen molar-refractivity contribution in [2.75, 3.05) is 38.0 Å². The van der Waals surface area contributed by atoms with Crippen LogP contribution in [0.1, 0.15) is 16.7 Å². The third kappa shape index (κ3) is 4.90. The molecule has 1 aliphatic heterocycles. The Kier molecular flexibility index (Phi) is 6.01. The van der Waals surface area contributed by atoms with Crippen LogP contribution in [-0.2, 0) is 11.3 Å². The molecule has 1 amide bonds. The van der Waals surface area contributed by atoms with E-state index in [1.807, 2.05) is 38.1 Å². The summed E-state index contributed by atoms with van der Waals surface area (Å²) in [7, 11) is 0. The first-order valence-corrected chi connectivity index (χ1v) is 9.29. The van der Waals surface area contributed by atoms with E-state index in [1.54, 1.807) is 12.1 Å². The zero-order valence-electron chi connectivity index (χ0n) is 15.6. The number of carbonyl (C=O) groups excluding carboxylic acids is 1. The van der Waals surface area contributed by atoms with Crippen molar-refractivity contribution in [2.24, 2.45) is 0 Å². The maximum Gasteiger partial charge on any atom is 0.279 e. The number of halogens is 1. The standard InChI is InChI=1S/C21H26FN3O/c1-16-5-3-6-17(2)21(16)23-20(26)15-25-11-9-24(10-12-25)14-18-7-4-8-19(22)13-18/h3-8,13H,9-12,14-15H2,1-2H3,(H,23,26)/p+2. The van der Waals surface area contributed by atoms with Crippen molar-refractivity contribution in [3.8, 4) is 0 Å². The van der Waals surface area contributed by atoms with Crippen molar-refractivity contribution in [3.63, 3.8) is 0 Å². The summed E-state index contributed by atoms with van der Waals surface area (Å²) in [6.45, 7) is 9.31. The SMILES string of the molecule is Cc1cccc(C)c1NC(=O)C[NH+]1CC[NH+](Cc2cccc(F)c2)CC1. The molecule has 0 aliphatic carbocycles. The van der Waals surface area contributed by atoms with Gasteiger partial charge < -0.3 is 15.1 Å². The molecule has 26 heavy (non-hydrogen) atoms. The molecule has 0 aromatic heterocycles. The van der Waals surface area contributed by atoms with Crippen LogP contribution >= 0.6 is 0 Å². The molecule has 1 aliphatic rings. The van der Waals surface area contributed by atoms with E-state index in [1.165, 1.54) is 15.9 Å². The molecule has 0 saturated carbocycles. The average Bonchev–Trinajstić information content (AvgIpc) is 2.60. The number of nitrogens with one attached hydrogen (secondary N) is 3. The number of benzene rings is 2. The van der Waals surface area contributed by atoms with Gasteiger partial charge in [0.05, 0.1) is 0 Å². The number of para-hydroxylation sites is 1. The highest BCUT2D eigenvalue weighted by Crippen LogP contribution is 2.18. The second-order valence-corrected chi connectivity index (χ2v) is 7.30. The molecular weight excluding hydrogens is 329 g/mol. The second kappa shape index (κ2) is 8.43. The lowest BCUT2D eigenvalue weighted by Crippen LogP contribution is -3.28. The van der Waals surface area contributed by atoms with Gasteiger partial charge in [-0.15, -0.1) is 0 Å². The number of anilines is 1. The topological polar surface area (TPSA) is 38.0 Å². The molecule has 0 unspecified atom stereocenters. The van der Waals surface area contributed by atoms with E-state index in [-0.39, 0.29) is 11.7 Å². The second-order valence-electron chi connectivity index (χ2n) is 7.30. The summed E-state index contributed by atoms with van der Waals surface area (Å²) in [5, 5.41) is 3.07. The fourth-order valence-electron chi connectivity index (χ4n) is 3.67. The number of rotatable bonds is 5. The minimum absolute atomic E-state index is 0.0750. The Balaban J connectivity index is 1.47. The highest BCUT2D eigenvalue weighted by Gasteiger charge is 2.25. The number of piperazine rings is 1. The molecule has 2 aromatic carbocycles. The van der Waals surface area contributed by atoms with Crippen molar-refractivity contribution >= 4 is 11.6 Å². The molecule has 3 N–H and O–H groups in total. The first-order chi connectivity index (χ1) is 12.5. The maximum atomic E-state index is 13.3. The highest BCUT2D eigenvalue weighted by molar-refractivity contribution is 5.93. The molecule has 138 valence electrons. The largest absolute Gasteiger partial charge is 0.322 e. The summed E-state index contributed by atoms with van der Waals surface area (Å²) < 4.78 is 13.3. The summed E-state index contributed by atoms with van der Waals surface area (Å²) in [4.78, 5) is 15.2. The van der Waals surface area contributed by atoms with Crippen LogP contribution in [0.25, 0.3) is 0 Å².